The largest absolute Gasteiger partial charge is 0.322 e. The molecule has 6 heteroatoms. The number of anilines is 1. The van der Waals surface area contributed by atoms with E-state index in [1.807, 2.05) is 0 Å². The molecule has 0 radical (unpaired) electrons. The molecule has 1 aliphatic rings. The van der Waals surface area contributed by atoms with E-state index in [9.17, 15) is 13.6 Å². The van der Waals surface area contributed by atoms with Crippen molar-refractivity contribution in [2.75, 3.05) is 11.9 Å². The molecule has 0 aliphatic carbocycles. The average molecular weight is 347 g/mol. The molecule has 20 heavy (non-hydrogen) atoms. The van der Waals surface area contributed by atoms with E-state index >= 15 is 0 Å². The highest BCUT2D eigenvalue weighted by molar-refractivity contribution is 9.10. The maximum Gasteiger partial charge on any atom is 0.241 e. The van der Waals surface area contributed by atoms with Crippen LogP contribution in [0.3, 0.4) is 0 Å². The zero-order valence-corrected chi connectivity index (χ0v) is 12.8. The predicted molar refractivity (Wildman–Crippen MR) is 77.5 cm³/mol. The topological polar surface area (TPSA) is 41.1 Å². The molecular formula is C14H17BrF2N2O. The van der Waals surface area contributed by atoms with Gasteiger partial charge < -0.3 is 10.6 Å². The van der Waals surface area contributed by atoms with Crippen molar-refractivity contribution in [1.29, 1.82) is 0 Å². The Labute approximate surface area is 125 Å². The second-order valence-electron chi connectivity index (χ2n) is 5.04. The minimum Gasteiger partial charge on any atom is -0.322 e. The summed E-state index contributed by atoms with van der Waals surface area (Å²) in [6, 6.07) is 1.64. The van der Waals surface area contributed by atoms with Crippen LogP contribution in [-0.2, 0) is 4.79 Å². The Morgan fingerprint density at radius 1 is 1.45 bits per heavy atom. The Morgan fingerprint density at radius 3 is 2.90 bits per heavy atom. The van der Waals surface area contributed by atoms with Crippen LogP contribution >= 0.6 is 15.9 Å². The van der Waals surface area contributed by atoms with Gasteiger partial charge in [-0.15, -0.1) is 0 Å². The van der Waals surface area contributed by atoms with Gasteiger partial charge in [0, 0.05) is 6.07 Å². The standard InChI is InChI=1S/C14H17BrF2N2O/c1-2-8-3-4-18-13(5-8)14(20)19-12-7-10(16)9(15)6-11(12)17/h6-8,13,18H,2-5H2,1H3,(H,19,20). The molecule has 1 saturated heterocycles. The van der Waals surface area contributed by atoms with Crippen molar-refractivity contribution in [3.63, 3.8) is 0 Å². The molecular weight excluding hydrogens is 330 g/mol. The molecule has 2 N–H and O–H groups in total. The zero-order valence-electron chi connectivity index (χ0n) is 11.2. The first-order chi connectivity index (χ1) is 9.51. The maximum absolute atomic E-state index is 13.7. The first-order valence-corrected chi connectivity index (χ1v) is 7.49. The van der Waals surface area contributed by atoms with Crippen molar-refractivity contribution in [2.45, 2.75) is 32.2 Å². The number of nitrogens with one attached hydrogen (secondary N) is 2. The quantitative estimate of drug-likeness (QED) is 0.823. The second kappa shape index (κ2) is 6.63. The van der Waals surface area contributed by atoms with Gasteiger partial charge in [-0.3, -0.25) is 4.79 Å². The monoisotopic (exact) mass is 346 g/mol. The third-order valence-electron chi connectivity index (χ3n) is 3.67. The Hall–Kier alpha value is -1.01. The molecule has 110 valence electrons. The van der Waals surface area contributed by atoms with Gasteiger partial charge in [0.25, 0.3) is 0 Å². The predicted octanol–water partition coefficient (Wildman–Crippen LogP) is 3.44. The van der Waals surface area contributed by atoms with E-state index in [1.165, 1.54) is 0 Å². The van der Waals surface area contributed by atoms with Gasteiger partial charge in [0.1, 0.15) is 11.6 Å². The van der Waals surface area contributed by atoms with Crippen molar-refractivity contribution in [1.82, 2.24) is 5.32 Å². The van der Waals surface area contributed by atoms with Crippen LogP contribution in [-0.4, -0.2) is 18.5 Å². The van der Waals surface area contributed by atoms with Gasteiger partial charge in [-0.1, -0.05) is 13.3 Å². The van der Waals surface area contributed by atoms with E-state index in [1.54, 1.807) is 0 Å². The summed E-state index contributed by atoms with van der Waals surface area (Å²) in [5, 5.41) is 5.57. The summed E-state index contributed by atoms with van der Waals surface area (Å²) in [7, 11) is 0. The van der Waals surface area contributed by atoms with Crippen LogP contribution in [0.5, 0.6) is 0 Å². The minimum atomic E-state index is -0.658. The lowest BCUT2D eigenvalue weighted by atomic mass is 9.90. The van der Waals surface area contributed by atoms with Gasteiger partial charge in [0.2, 0.25) is 5.91 Å². The van der Waals surface area contributed by atoms with Crippen molar-refractivity contribution < 1.29 is 13.6 Å². The van der Waals surface area contributed by atoms with E-state index < -0.39 is 11.6 Å². The number of hydrogen-bond donors (Lipinski definition) is 2. The van der Waals surface area contributed by atoms with Gasteiger partial charge >= 0.3 is 0 Å². The van der Waals surface area contributed by atoms with Crippen LogP contribution in [0, 0.1) is 17.6 Å². The van der Waals surface area contributed by atoms with Gasteiger partial charge in [-0.25, -0.2) is 8.78 Å². The smallest absolute Gasteiger partial charge is 0.241 e. The molecule has 0 bridgehead atoms. The van der Waals surface area contributed by atoms with Gasteiger partial charge in [-0.2, -0.15) is 0 Å². The minimum absolute atomic E-state index is 0.0369. The molecule has 0 aromatic heterocycles. The number of rotatable bonds is 3. The molecule has 2 atom stereocenters. The van der Waals surface area contributed by atoms with E-state index in [0.29, 0.717) is 5.92 Å². The summed E-state index contributed by atoms with van der Waals surface area (Å²) in [5.74, 6) is -1.08. The van der Waals surface area contributed by atoms with Crippen molar-refractivity contribution in [2.24, 2.45) is 5.92 Å². The SMILES string of the molecule is CCC1CCNC(C(=O)Nc2cc(F)c(Br)cc2F)C1. The Kier molecular flexibility index (Phi) is 5.10. The van der Waals surface area contributed by atoms with Gasteiger partial charge in [-0.05, 0) is 47.3 Å². The fraction of sp³-hybridized carbons (Fsp3) is 0.500. The maximum atomic E-state index is 13.7. The highest BCUT2D eigenvalue weighted by Crippen LogP contribution is 2.25. The van der Waals surface area contributed by atoms with Crippen molar-refractivity contribution in [3.05, 3.63) is 28.2 Å². The fourth-order valence-electron chi connectivity index (χ4n) is 2.40. The summed E-state index contributed by atoms with van der Waals surface area (Å²) in [6.45, 7) is 2.86. The van der Waals surface area contributed by atoms with E-state index in [-0.39, 0.29) is 22.1 Å². The van der Waals surface area contributed by atoms with Crippen LogP contribution in [0.2, 0.25) is 0 Å². The number of carbonyl (C=O) groups is 1. The van der Waals surface area contributed by atoms with Crippen LogP contribution < -0.4 is 10.6 Å². The number of piperidine rings is 1. The summed E-state index contributed by atoms with van der Waals surface area (Å²) < 4.78 is 27.1. The Bertz CT molecular complexity index is 510. The molecule has 1 heterocycles. The lowest BCUT2D eigenvalue weighted by molar-refractivity contribution is -0.119. The second-order valence-corrected chi connectivity index (χ2v) is 5.90. The highest BCUT2D eigenvalue weighted by atomic mass is 79.9. The number of halogens is 3. The van der Waals surface area contributed by atoms with Crippen LogP contribution in [0.15, 0.2) is 16.6 Å². The molecule has 0 spiro atoms. The highest BCUT2D eigenvalue weighted by Gasteiger charge is 2.26. The van der Waals surface area contributed by atoms with E-state index in [4.69, 9.17) is 0 Å². The van der Waals surface area contributed by atoms with Crippen LogP contribution in [0.25, 0.3) is 0 Å². The number of hydrogen-bond acceptors (Lipinski definition) is 2. The molecule has 1 aromatic carbocycles. The summed E-state index contributed by atoms with van der Waals surface area (Å²) in [5.41, 5.74) is -0.129. The molecule has 0 saturated carbocycles. The van der Waals surface area contributed by atoms with Crippen molar-refractivity contribution >= 4 is 27.5 Å². The third-order valence-corrected chi connectivity index (χ3v) is 4.28. The van der Waals surface area contributed by atoms with Gasteiger partial charge in [0.15, 0.2) is 0 Å². The number of carbonyl (C=O) groups excluding carboxylic acids is 1. The van der Waals surface area contributed by atoms with Crippen LogP contribution in [0.4, 0.5) is 14.5 Å². The summed E-state index contributed by atoms with van der Waals surface area (Å²) in [6.07, 6.45) is 2.79. The normalized spacial score (nSPS) is 22.6. The average Bonchev–Trinajstić information content (AvgIpc) is 2.44. The van der Waals surface area contributed by atoms with E-state index in [0.717, 1.165) is 37.9 Å². The summed E-state index contributed by atoms with van der Waals surface area (Å²) in [4.78, 5) is 12.1. The zero-order chi connectivity index (χ0) is 14.7. The lowest BCUT2D eigenvalue weighted by Gasteiger charge is -2.28. The molecule has 2 unspecified atom stereocenters. The molecule has 3 nitrogen and oxygen atoms in total. The van der Waals surface area contributed by atoms with Crippen molar-refractivity contribution in [3.8, 4) is 0 Å². The summed E-state index contributed by atoms with van der Waals surface area (Å²) >= 11 is 2.90. The molecule has 1 aromatic rings. The van der Waals surface area contributed by atoms with E-state index in [2.05, 4.69) is 33.5 Å². The Balaban J connectivity index is 2.06. The number of benzene rings is 1. The molecule has 1 amide bonds. The lowest BCUT2D eigenvalue weighted by Crippen LogP contribution is -2.46. The third kappa shape index (κ3) is 3.55. The van der Waals surface area contributed by atoms with Crippen LogP contribution in [0.1, 0.15) is 26.2 Å². The first-order valence-electron chi connectivity index (χ1n) is 6.70. The molecule has 1 fully saturated rings. The fourth-order valence-corrected chi connectivity index (χ4v) is 2.72. The first kappa shape index (κ1) is 15.4. The number of amides is 1. The van der Waals surface area contributed by atoms with Gasteiger partial charge in [0.05, 0.1) is 16.2 Å². The molecule has 2 rings (SSSR count). The Morgan fingerprint density at radius 2 is 2.20 bits per heavy atom. The molecule has 1 aliphatic heterocycles.